The first-order valence-corrected chi connectivity index (χ1v) is 8.02. The zero-order valence-electron chi connectivity index (χ0n) is 11.3. The summed E-state index contributed by atoms with van der Waals surface area (Å²) >= 11 is 2.41. The van der Waals surface area contributed by atoms with Gasteiger partial charge >= 0.3 is 0 Å². The predicted molar refractivity (Wildman–Crippen MR) is 84.3 cm³/mol. The van der Waals surface area contributed by atoms with E-state index in [2.05, 4.69) is 53.9 Å². The van der Waals surface area contributed by atoms with Crippen molar-refractivity contribution in [1.29, 1.82) is 0 Å². The summed E-state index contributed by atoms with van der Waals surface area (Å²) in [5, 5.41) is 3.66. The zero-order chi connectivity index (χ0) is 13.0. The first-order chi connectivity index (χ1) is 8.76. The van der Waals surface area contributed by atoms with Crippen molar-refractivity contribution >= 4 is 22.6 Å². The predicted octanol–water partition coefficient (Wildman–Crippen LogP) is 4.07. The molecule has 1 aliphatic rings. The van der Waals surface area contributed by atoms with Gasteiger partial charge in [-0.05, 0) is 59.7 Å². The summed E-state index contributed by atoms with van der Waals surface area (Å²) < 4.78 is 7.17. The third kappa shape index (κ3) is 3.18. The van der Waals surface area contributed by atoms with E-state index in [1.54, 1.807) is 0 Å². The Morgan fingerprint density at radius 1 is 1.33 bits per heavy atom. The van der Waals surface area contributed by atoms with E-state index < -0.39 is 0 Å². The lowest BCUT2D eigenvalue weighted by Crippen LogP contribution is -2.22. The maximum absolute atomic E-state index is 5.85. The van der Waals surface area contributed by atoms with Crippen LogP contribution in [-0.4, -0.2) is 13.2 Å². The smallest absolute Gasteiger partial charge is 0.127 e. The standard InChI is InChI=1S/C15H22INO/c1-3-5-14(17-7-4-2)13-10-12(16)9-11-6-8-18-15(11)13/h9-10,14,17H,3-8H2,1-2H3. The fraction of sp³-hybridized carbons (Fsp3) is 0.600. The molecule has 0 fully saturated rings. The summed E-state index contributed by atoms with van der Waals surface area (Å²) in [6.45, 7) is 6.38. The van der Waals surface area contributed by atoms with Crippen LogP contribution in [0.2, 0.25) is 0 Å². The highest BCUT2D eigenvalue weighted by atomic mass is 127. The average molecular weight is 359 g/mol. The third-order valence-corrected chi connectivity index (χ3v) is 3.99. The summed E-state index contributed by atoms with van der Waals surface area (Å²) in [6.07, 6.45) is 4.61. The summed E-state index contributed by atoms with van der Waals surface area (Å²) in [5.41, 5.74) is 2.75. The molecule has 1 aliphatic heterocycles. The minimum Gasteiger partial charge on any atom is -0.493 e. The van der Waals surface area contributed by atoms with Crippen molar-refractivity contribution in [3.8, 4) is 5.75 Å². The van der Waals surface area contributed by atoms with Crippen LogP contribution in [0.5, 0.6) is 5.75 Å². The first-order valence-electron chi connectivity index (χ1n) is 6.94. The molecule has 1 unspecified atom stereocenters. The lowest BCUT2D eigenvalue weighted by atomic mass is 9.98. The Labute approximate surface area is 124 Å². The van der Waals surface area contributed by atoms with Gasteiger partial charge in [-0.15, -0.1) is 0 Å². The summed E-state index contributed by atoms with van der Waals surface area (Å²) in [4.78, 5) is 0. The third-order valence-electron chi connectivity index (χ3n) is 3.37. The molecule has 1 atom stereocenters. The van der Waals surface area contributed by atoms with Gasteiger partial charge in [0.25, 0.3) is 0 Å². The number of fused-ring (bicyclic) bond motifs is 1. The molecule has 1 aromatic rings. The molecule has 2 nitrogen and oxygen atoms in total. The average Bonchev–Trinajstić information content (AvgIpc) is 2.81. The van der Waals surface area contributed by atoms with Gasteiger partial charge in [-0.3, -0.25) is 0 Å². The maximum Gasteiger partial charge on any atom is 0.127 e. The molecule has 2 rings (SSSR count). The molecular weight excluding hydrogens is 337 g/mol. The second kappa shape index (κ2) is 6.75. The highest BCUT2D eigenvalue weighted by Gasteiger charge is 2.22. The van der Waals surface area contributed by atoms with Crippen LogP contribution in [0.3, 0.4) is 0 Å². The Hall–Kier alpha value is -0.290. The highest BCUT2D eigenvalue weighted by Crippen LogP contribution is 2.36. The van der Waals surface area contributed by atoms with Crippen LogP contribution in [0.4, 0.5) is 0 Å². The van der Waals surface area contributed by atoms with Gasteiger partial charge in [-0.25, -0.2) is 0 Å². The number of halogens is 1. The molecule has 0 radical (unpaired) electrons. The van der Waals surface area contributed by atoms with E-state index in [9.17, 15) is 0 Å². The SMILES string of the molecule is CCCNC(CCC)c1cc(I)cc2c1OCC2. The number of rotatable bonds is 6. The van der Waals surface area contributed by atoms with E-state index in [1.807, 2.05) is 0 Å². The molecule has 0 aliphatic carbocycles. The van der Waals surface area contributed by atoms with Crippen LogP contribution in [0.1, 0.15) is 50.3 Å². The topological polar surface area (TPSA) is 21.3 Å². The fourth-order valence-electron chi connectivity index (χ4n) is 2.53. The molecule has 0 aromatic heterocycles. The van der Waals surface area contributed by atoms with Crippen LogP contribution in [0.25, 0.3) is 0 Å². The Balaban J connectivity index is 2.28. The molecule has 1 aromatic carbocycles. The first kappa shape index (κ1) is 14.1. The van der Waals surface area contributed by atoms with E-state index in [0.717, 1.165) is 25.3 Å². The Kier molecular flexibility index (Phi) is 5.30. The van der Waals surface area contributed by atoms with Crippen LogP contribution >= 0.6 is 22.6 Å². The van der Waals surface area contributed by atoms with E-state index >= 15 is 0 Å². The molecule has 1 N–H and O–H groups in total. The maximum atomic E-state index is 5.85. The van der Waals surface area contributed by atoms with Gasteiger partial charge in [-0.1, -0.05) is 20.3 Å². The van der Waals surface area contributed by atoms with Crippen LogP contribution < -0.4 is 10.1 Å². The van der Waals surface area contributed by atoms with Crippen molar-refractivity contribution in [2.24, 2.45) is 0 Å². The second-order valence-electron chi connectivity index (χ2n) is 4.88. The molecule has 1 heterocycles. The molecule has 0 bridgehead atoms. The molecular formula is C15H22INO. The lowest BCUT2D eigenvalue weighted by Gasteiger charge is -2.21. The number of benzene rings is 1. The Bertz CT molecular complexity index is 406. The summed E-state index contributed by atoms with van der Waals surface area (Å²) in [7, 11) is 0. The summed E-state index contributed by atoms with van der Waals surface area (Å²) in [6, 6.07) is 4.99. The van der Waals surface area contributed by atoms with Crippen molar-refractivity contribution < 1.29 is 4.74 Å². The van der Waals surface area contributed by atoms with Gasteiger partial charge in [-0.2, -0.15) is 0 Å². The molecule has 100 valence electrons. The number of hydrogen-bond acceptors (Lipinski definition) is 2. The largest absolute Gasteiger partial charge is 0.493 e. The van der Waals surface area contributed by atoms with Crippen LogP contribution in [0, 0.1) is 3.57 Å². The van der Waals surface area contributed by atoms with Gasteiger partial charge in [0.1, 0.15) is 5.75 Å². The Morgan fingerprint density at radius 3 is 2.89 bits per heavy atom. The molecule has 3 heteroatoms. The monoisotopic (exact) mass is 359 g/mol. The van der Waals surface area contributed by atoms with Crippen molar-refractivity contribution in [2.75, 3.05) is 13.2 Å². The highest BCUT2D eigenvalue weighted by molar-refractivity contribution is 14.1. The van der Waals surface area contributed by atoms with Gasteiger partial charge in [0, 0.05) is 21.6 Å². The van der Waals surface area contributed by atoms with Crippen LogP contribution in [-0.2, 0) is 6.42 Å². The van der Waals surface area contributed by atoms with Gasteiger partial charge in [0.2, 0.25) is 0 Å². The van der Waals surface area contributed by atoms with Gasteiger partial charge in [0.15, 0.2) is 0 Å². The molecule has 0 spiro atoms. The summed E-state index contributed by atoms with van der Waals surface area (Å²) in [5.74, 6) is 1.15. The lowest BCUT2D eigenvalue weighted by molar-refractivity contribution is 0.346. The van der Waals surface area contributed by atoms with E-state index in [-0.39, 0.29) is 0 Å². The minimum absolute atomic E-state index is 0.441. The molecule has 18 heavy (non-hydrogen) atoms. The van der Waals surface area contributed by atoms with E-state index in [1.165, 1.54) is 34.0 Å². The number of hydrogen-bond donors (Lipinski definition) is 1. The zero-order valence-corrected chi connectivity index (χ0v) is 13.4. The van der Waals surface area contributed by atoms with Gasteiger partial charge in [0.05, 0.1) is 6.61 Å². The van der Waals surface area contributed by atoms with Crippen molar-refractivity contribution in [1.82, 2.24) is 5.32 Å². The van der Waals surface area contributed by atoms with Crippen molar-refractivity contribution in [3.05, 3.63) is 26.8 Å². The van der Waals surface area contributed by atoms with Crippen molar-refractivity contribution in [3.63, 3.8) is 0 Å². The molecule has 0 saturated carbocycles. The van der Waals surface area contributed by atoms with E-state index in [4.69, 9.17) is 4.74 Å². The quantitative estimate of drug-likeness (QED) is 0.774. The molecule has 0 saturated heterocycles. The van der Waals surface area contributed by atoms with Crippen molar-refractivity contribution in [2.45, 2.75) is 45.6 Å². The van der Waals surface area contributed by atoms with Gasteiger partial charge < -0.3 is 10.1 Å². The number of ether oxygens (including phenoxy) is 1. The second-order valence-corrected chi connectivity index (χ2v) is 6.12. The van der Waals surface area contributed by atoms with E-state index in [0.29, 0.717) is 6.04 Å². The minimum atomic E-state index is 0.441. The fourth-order valence-corrected chi connectivity index (χ4v) is 3.24. The Morgan fingerprint density at radius 2 is 2.17 bits per heavy atom. The normalized spacial score (nSPS) is 15.3. The van der Waals surface area contributed by atoms with Crippen LogP contribution in [0.15, 0.2) is 12.1 Å². The number of nitrogens with one attached hydrogen (secondary N) is 1. The molecule has 0 amide bonds.